The van der Waals surface area contributed by atoms with Gasteiger partial charge in [0.1, 0.15) is 0 Å². The average molecular weight is 206 g/mol. The third-order valence-electron chi connectivity index (χ3n) is 2.27. The lowest BCUT2D eigenvalue weighted by molar-refractivity contribution is 0.733. The maximum atomic E-state index is 6.12. The van der Waals surface area contributed by atoms with Gasteiger partial charge in [0.05, 0.1) is 6.04 Å². The van der Waals surface area contributed by atoms with Crippen LogP contribution >= 0.6 is 11.6 Å². The molecule has 72 valence electrons. The molecular formula is C12H12ClN. The fourth-order valence-electron chi connectivity index (χ4n) is 1.57. The van der Waals surface area contributed by atoms with E-state index in [1.54, 1.807) is 0 Å². The number of hydrogen-bond donors (Lipinski definition) is 1. The molecule has 1 aliphatic rings. The van der Waals surface area contributed by atoms with Crippen LogP contribution in [-0.4, -0.2) is 0 Å². The maximum absolute atomic E-state index is 6.12. The Morgan fingerprint density at radius 2 is 2.21 bits per heavy atom. The number of aryl methyl sites for hydroxylation is 1. The molecule has 1 unspecified atom stereocenters. The Kier molecular flexibility index (Phi) is 2.60. The summed E-state index contributed by atoms with van der Waals surface area (Å²) in [7, 11) is 0. The summed E-state index contributed by atoms with van der Waals surface area (Å²) in [6.07, 6.45) is 5.75. The van der Waals surface area contributed by atoms with E-state index in [4.69, 9.17) is 11.6 Å². The normalized spacial score (nSPS) is 20.1. The first-order valence-electron chi connectivity index (χ1n) is 4.62. The summed E-state index contributed by atoms with van der Waals surface area (Å²) in [5.74, 6) is 0. The van der Waals surface area contributed by atoms with E-state index in [2.05, 4.69) is 36.5 Å². The SMILES string of the molecule is Cc1cccc(C2NC=CC=C2Cl)c1. The lowest BCUT2D eigenvalue weighted by Crippen LogP contribution is -2.17. The van der Waals surface area contributed by atoms with Gasteiger partial charge >= 0.3 is 0 Å². The van der Waals surface area contributed by atoms with Crippen molar-refractivity contribution in [2.45, 2.75) is 13.0 Å². The minimum Gasteiger partial charge on any atom is -0.379 e. The van der Waals surface area contributed by atoms with Gasteiger partial charge in [-0.15, -0.1) is 0 Å². The summed E-state index contributed by atoms with van der Waals surface area (Å²) in [6, 6.07) is 8.48. The van der Waals surface area contributed by atoms with Crippen molar-refractivity contribution in [3.8, 4) is 0 Å². The van der Waals surface area contributed by atoms with E-state index in [-0.39, 0.29) is 6.04 Å². The first-order chi connectivity index (χ1) is 6.77. The van der Waals surface area contributed by atoms with Crippen LogP contribution in [0.1, 0.15) is 17.2 Å². The highest BCUT2D eigenvalue weighted by Crippen LogP contribution is 2.27. The summed E-state index contributed by atoms with van der Waals surface area (Å²) in [4.78, 5) is 0. The van der Waals surface area contributed by atoms with Gasteiger partial charge < -0.3 is 5.32 Å². The predicted molar refractivity (Wildman–Crippen MR) is 60.1 cm³/mol. The summed E-state index contributed by atoms with van der Waals surface area (Å²) in [5, 5.41) is 4.06. The van der Waals surface area contributed by atoms with E-state index < -0.39 is 0 Å². The molecule has 0 spiro atoms. The molecular weight excluding hydrogens is 194 g/mol. The van der Waals surface area contributed by atoms with E-state index in [0.29, 0.717) is 0 Å². The van der Waals surface area contributed by atoms with E-state index in [9.17, 15) is 0 Å². The van der Waals surface area contributed by atoms with Crippen LogP contribution in [0.2, 0.25) is 0 Å². The van der Waals surface area contributed by atoms with Crippen molar-refractivity contribution in [3.63, 3.8) is 0 Å². The van der Waals surface area contributed by atoms with Gasteiger partial charge in [-0.3, -0.25) is 0 Å². The second-order valence-electron chi connectivity index (χ2n) is 3.42. The van der Waals surface area contributed by atoms with E-state index in [1.807, 2.05) is 18.4 Å². The predicted octanol–water partition coefficient (Wildman–Crippen LogP) is 3.28. The number of hydrogen-bond acceptors (Lipinski definition) is 1. The zero-order valence-corrected chi connectivity index (χ0v) is 8.75. The number of dihydropyridines is 1. The molecule has 0 bridgehead atoms. The van der Waals surface area contributed by atoms with Gasteiger partial charge in [-0.05, 0) is 30.8 Å². The molecule has 1 aromatic rings. The van der Waals surface area contributed by atoms with Gasteiger partial charge in [-0.1, -0.05) is 41.4 Å². The van der Waals surface area contributed by atoms with Crippen LogP contribution in [0.4, 0.5) is 0 Å². The van der Waals surface area contributed by atoms with Gasteiger partial charge in [0.25, 0.3) is 0 Å². The number of halogens is 1. The van der Waals surface area contributed by atoms with Crippen molar-refractivity contribution in [2.75, 3.05) is 0 Å². The van der Waals surface area contributed by atoms with Crippen molar-refractivity contribution < 1.29 is 0 Å². The number of rotatable bonds is 1. The summed E-state index contributed by atoms with van der Waals surface area (Å²) < 4.78 is 0. The molecule has 0 aliphatic carbocycles. The van der Waals surface area contributed by atoms with Gasteiger partial charge in [0.2, 0.25) is 0 Å². The Morgan fingerprint density at radius 1 is 1.36 bits per heavy atom. The van der Waals surface area contributed by atoms with Crippen molar-refractivity contribution in [2.24, 2.45) is 0 Å². The largest absolute Gasteiger partial charge is 0.379 e. The van der Waals surface area contributed by atoms with Crippen molar-refractivity contribution in [1.82, 2.24) is 5.32 Å². The number of nitrogens with one attached hydrogen (secondary N) is 1. The second-order valence-corrected chi connectivity index (χ2v) is 3.86. The van der Waals surface area contributed by atoms with Gasteiger partial charge in [-0.25, -0.2) is 0 Å². The molecule has 2 rings (SSSR count). The molecule has 0 radical (unpaired) electrons. The van der Waals surface area contributed by atoms with Crippen LogP contribution in [-0.2, 0) is 0 Å². The standard InChI is InChI=1S/C12H12ClN/c1-9-4-2-5-10(8-9)12-11(13)6-3-7-14-12/h2-8,12,14H,1H3. The Balaban J connectivity index is 2.32. The second kappa shape index (κ2) is 3.89. The van der Waals surface area contributed by atoms with Crippen LogP contribution in [0.5, 0.6) is 0 Å². The fourth-order valence-corrected chi connectivity index (χ4v) is 1.83. The first kappa shape index (κ1) is 9.35. The molecule has 1 aliphatic heterocycles. The molecule has 0 aromatic heterocycles. The smallest absolute Gasteiger partial charge is 0.0869 e. The molecule has 1 nitrogen and oxygen atoms in total. The minimum atomic E-state index is 0.113. The monoisotopic (exact) mass is 205 g/mol. The molecule has 0 amide bonds. The van der Waals surface area contributed by atoms with Crippen molar-refractivity contribution in [1.29, 1.82) is 0 Å². The van der Waals surface area contributed by atoms with E-state index in [1.165, 1.54) is 11.1 Å². The molecule has 2 heteroatoms. The third-order valence-corrected chi connectivity index (χ3v) is 2.61. The Hall–Kier alpha value is -1.21. The number of benzene rings is 1. The fraction of sp³-hybridized carbons (Fsp3) is 0.167. The molecule has 1 N–H and O–H groups in total. The Morgan fingerprint density at radius 3 is 2.93 bits per heavy atom. The lowest BCUT2D eigenvalue weighted by Gasteiger charge is -2.20. The van der Waals surface area contributed by atoms with Crippen LogP contribution in [0.3, 0.4) is 0 Å². The molecule has 0 fully saturated rings. The molecule has 14 heavy (non-hydrogen) atoms. The van der Waals surface area contributed by atoms with Crippen LogP contribution in [0.15, 0.2) is 47.6 Å². The molecule has 0 saturated heterocycles. The molecule has 1 atom stereocenters. The topological polar surface area (TPSA) is 12.0 Å². The Labute approximate surface area is 89.1 Å². The zero-order valence-electron chi connectivity index (χ0n) is 8.00. The summed E-state index contributed by atoms with van der Waals surface area (Å²) in [5.41, 5.74) is 2.46. The van der Waals surface area contributed by atoms with Crippen molar-refractivity contribution >= 4 is 11.6 Å². The van der Waals surface area contributed by atoms with Crippen LogP contribution in [0.25, 0.3) is 0 Å². The summed E-state index contributed by atoms with van der Waals surface area (Å²) >= 11 is 6.12. The third kappa shape index (κ3) is 1.83. The van der Waals surface area contributed by atoms with E-state index >= 15 is 0 Å². The quantitative estimate of drug-likeness (QED) is 0.742. The van der Waals surface area contributed by atoms with E-state index in [0.717, 1.165) is 5.03 Å². The average Bonchev–Trinajstić information content (AvgIpc) is 2.18. The van der Waals surface area contributed by atoms with Gasteiger partial charge in [0, 0.05) is 5.03 Å². The maximum Gasteiger partial charge on any atom is 0.0869 e. The number of allylic oxidation sites excluding steroid dienone is 2. The van der Waals surface area contributed by atoms with Crippen molar-refractivity contribution in [3.05, 3.63) is 58.8 Å². The lowest BCUT2D eigenvalue weighted by atomic mass is 10.0. The molecule has 0 saturated carbocycles. The molecule has 1 aromatic carbocycles. The zero-order chi connectivity index (χ0) is 9.97. The Bertz CT molecular complexity index is 393. The van der Waals surface area contributed by atoms with Crippen LogP contribution in [0, 0.1) is 6.92 Å². The van der Waals surface area contributed by atoms with Crippen LogP contribution < -0.4 is 5.32 Å². The first-order valence-corrected chi connectivity index (χ1v) is 5.00. The minimum absolute atomic E-state index is 0.113. The van der Waals surface area contributed by atoms with Gasteiger partial charge in [0.15, 0.2) is 0 Å². The highest BCUT2D eigenvalue weighted by molar-refractivity contribution is 6.30. The highest BCUT2D eigenvalue weighted by atomic mass is 35.5. The van der Waals surface area contributed by atoms with Gasteiger partial charge in [-0.2, -0.15) is 0 Å². The summed E-state index contributed by atoms with van der Waals surface area (Å²) in [6.45, 7) is 2.08. The highest BCUT2D eigenvalue weighted by Gasteiger charge is 2.14. The molecule has 1 heterocycles.